The van der Waals surface area contributed by atoms with Gasteiger partial charge in [-0.2, -0.15) is 0 Å². The van der Waals surface area contributed by atoms with Crippen LogP contribution in [0.15, 0.2) is 78.9 Å². The molecular formula is C33H27N5O2. The first kappa shape index (κ1) is 26.4. The van der Waals surface area contributed by atoms with Crippen LogP contribution in [-0.4, -0.2) is 4.57 Å². The van der Waals surface area contributed by atoms with E-state index in [1.165, 1.54) is 0 Å². The van der Waals surface area contributed by atoms with Crippen molar-refractivity contribution in [2.24, 2.45) is 0 Å². The molecule has 196 valence electrons. The molecule has 0 bridgehead atoms. The zero-order chi connectivity index (χ0) is 28.4. The Kier molecular flexibility index (Phi) is 7.16. The second kappa shape index (κ2) is 10.9. The molecule has 0 saturated heterocycles. The molecule has 0 radical (unpaired) electrons. The Morgan fingerprint density at radius 1 is 0.750 bits per heavy atom. The molecule has 0 unspecified atom stereocenters. The molecule has 3 heterocycles. The molecule has 2 aliphatic rings. The molecule has 0 fully saturated rings. The van der Waals surface area contributed by atoms with Gasteiger partial charge in [0.2, 0.25) is 0 Å². The van der Waals surface area contributed by atoms with E-state index in [2.05, 4.69) is 21.2 Å². The highest BCUT2D eigenvalue weighted by Crippen LogP contribution is 2.43. The van der Waals surface area contributed by atoms with Gasteiger partial charge in [0.25, 0.3) is 11.4 Å². The van der Waals surface area contributed by atoms with E-state index >= 15 is 0 Å². The van der Waals surface area contributed by atoms with Gasteiger partial charge in [0.15, 0.2) is 11.5 Å². The largest absolute Gasteiger partial charge is 0.455 e. The van der Waals surface area contributed by atoms with E-state index in [1.54, 1.807) is 0 Å². The molecule has 0 aliphatic heterocycles. The summed E-state index contributed by atoms with van der Waals surface area (Å²) in [4.78, 5) is 6.79. The summed E-state index contributed by atoms with van der Waals surface area (Å²) in [5, 5.41) is 18.6. The predicted octanol–water partition coefficient (Wildman–Crippen LogP) is 8.95. The Morgan fingerprint density at radius 3 is 1.55 bits per heavy atom. The maximum absolute atomic E-state index is 9.32. The Bertz CT molecular complexity index is 1660. The standard InChI is InChI=1S/C33H27N5O2/c1-6-17-38-28(32-15-13-30(39-32)24-9-7-22(20(24)2)26(18-34)36-4)11-12-29(38)33-16-14-31(40-33)25-10-8-23(21(25)3)27(19-35)37-5/h11-16H,6-10,17H2,1-3H3/b26-22-,27-23+. The van der Waals surface area contributed by atoms with Crippen molar-refractivity contribution in [3.05, 3.63) is 104 Å². The minimum atomic E-state index is 0.159. The second-order valence-corrected chi connectivity index (χ2v) is 9.89. The highest BCUT2D eigenvalue weighted by molar-refractivity contribution is 5.77. The normalized spacial score (nSPS) is 17.5. The molecule has 2 aliphatic carbocycles. The van der Waals surface area contributed by atoms with Crippen molar-refractivity contribution >= 4 is 11.1 Å². The van der Waals surface area contributed by atoms with Crippen LogP contribution >= 0.6 is 0 Å². The lowest BCUT2D eigenvalue weighted by Crippen LogP contribution is -2.00. The molecule has 0 aromatic carbocycles. The summed E-state index contributed by atoms with van der Waals surface area (Å²) < 4.78 is 14.9. The minimum Gasteiger partial charge on any atom is -0.455 e. The third-order valence-corrected chi connectivity index (χ3v) is 7.81. The maximum Gasteiger partial charge on any atom is 0.265 e. The van der Waals surface area contributed by atoms with Gasteiger partial charge in [-0.1, -0.05) is 18.1 Å². The van der Waals surface area contributed by atoms with E-state index in [4.69, 9.17) is 22.0 Å². The molecule has 0 atom stereocenters. The fraction of sp³-hybridized carbons (Fsp3) is 0.273. The first-order chi connectivity index (χ1) is 19.4. The molecule has 3 aromatic heterocycles. The average Bonchev–Trinajstić information content (AvgIpc) is 3.78. The van der Waals surface area contributed by atoms with Crippen molar-refractivity contribution in [3.63, 3.8) is 0 Å². The molecule has 7 nitrogen and oxygen atoms in total. The van der Waals surface area contributed by atoms with Crippen LogP contribution in [0.5, 0.6) is 0 Å². The zero-order valence-electron chi connectivity index (χ0n) is 22.8. The quantitative estimate of drug-likeness (QED) is 0.237. The highest BCUT2D eigenvalue weighted by atomic mass is 16.3. The van der Waals surface area contributed by atoms with E-state index in [0.29, 0.717) is 12.8 Å². The van der Waals surface area contributed by atoms with Crippen molar-refractivity contribution in [2.45, 2.75) is 59.4 Å². The van der Waals surface area contributed by atoms with Gasteiger partial charge >= 0.3 is 0 Å². The lowest BCUT2D eigenvalue weighted by molar-refractivity contribution is 0.546. The van der Waals surface area contributed by atoms with E-state index in [1.807, 2.05) is 62.4 Å². The molecule has 0 N–H and O–H groups in total. The molecule has 7 heteroatoms. The molecule has 5 rings (SSSR count). The fourth-order valence-electron chi connectivity index (χ4n) is 5.78. The SMILES string of the molecule is [C-]#[N+]/C(C#N)=C1/CCC(c2ccc(-c3ccc(-c4ccc(C5=C(C)/C(=C(\C#N)[N+]#[C-])CC5)o4)n3CCC)o2)=C1C. The van der Waals surface area contributed by atoms with E-state index < -0.39 is 0 Å². The Morgan fingerprint density at radius 2 is 1.18 bits per heavy atom. The average molecular weight is 526 g/mol. The van der Waals surface area contributed by atoms with Crippen molar-refractivity contribution in [2.75, 3.05) is 0 Å². The van der Waals surface area contributed by atoms with Crippen molar-refractivity contribution < 1.29 is 8.83 Å². The number of hydrogen-bond donors (Lipinski definition) is 0. The maximum atomic E-state index is 9.32. The van der Waals surface area contributed by atoms with Crippen LogP contribution in [0.2, 0.25) is 0 Å². The van der Waals surface area contributed by atoms with Gasteiger partial charge in [0.1, 0.15) is 11.5 Å². The number of rotatable bonds is 6. The zero-order valence-corrected chi connectivity index (χ0v) is 22.8. The summed E-state index contributed by atoms with van der Waals surface area (Å²) in [6, 6.07) is 16.0. The number of nitrogens with zero attached hydrogens (tertiary/aromatic N) is 5. The highest BCUT2D eigenvalue weighted by Gasteiger charge is 2.26. The first-order valence-corrected chi connectivity index (χ1v) is 13.3. The van der Waals surface area contributed by atoms with Gasteiger partial charge in [0, 0.05) is 6.54 Å². The summed E-state index contributed by atoms with van der Waals surface area (Å²) in [6.07, 6.45) is 3.74. The fourth-order valence-corrected chi connectivity index (χ4v) is 5.78. The molecular weight excluding hydrogens is 498 g/mol. The summed E-state index contributed by atoms with van der Waals surface area (Å²) in [5.74, 6) is 3.02. The Hall–Kier alpha value is -5.24. The van der Waals surface area contributed by atoms with Crippen LogP contribution in [-0.2, 0) is 6.54 Å². The van der Waals surface area contributed by atoms with Crippen LogP contribution in [0.4, 0.5) is 0 Å². The van der Waals surface area contributed by atoms with Gasteiger partial charge in [0.05, 0.1) is 36.7 Å². The molecule has 40 heavy (non-hydrogen) atoms. The van der Waals surface area contributed by atoms with Crippen LogP contribution in [0.1, 0.15) is 64.4 Å². The lowest BCUT2D eigenvalue weighted by atomic mass is 10.1. The van der Waals surface area contributed by atoms with E-state index in [-0.39, 0.29) is 11.4 Å². The van der Waals surface area contributed by atoms with Crippen LogP contribution in [0.25, 0.3) is 43.7 Å². The van der Waals surface area contributed by atoms with E-state index in [9.17, 15) is 10.5 Å². The first-order valence-electron chi connectivity index (χ1n) is 13.3. The lowest BCUT2D eigenvalue weighted by Gasteiger charge is -2.10. The van der Waals surface area contributed by atoms with Crippen molar-refractivity contribution in [1.82, 2.24) is 4.57 Å². The Balaban J connectivity index is 1.50. The van der Waals surface area contributed by atoms with Crippen molar-refractivity contribution in [1.29, 1.82) is 10.5 Å². The number of allylic oxidation sites excluding steroid dienone is 8. The molecule has 0 spiro atoms. The Labute approximate surface area is 233 Å². The smallest absolute Gasteiger partial charge is 0.265 e. The number of furan rings is 2. The van der Waals surface area contributed by atoms with Gasteiger partial charge in [-0.25, -0.2) is 20.2 Å². The van der Waals surface area contributed by atoms with Gasteiger partial charge in [-0.15, -0.1) is 0 Å². The van der Waals surface area contributed by atoms with E-state index in [0.717, 1.165) is 93.7 Å². The van der Waals surface area contributed by atoms with Gasteiger partial charge in [-0.05, 0) is 105 Å². The van der Waals surface area contributed by atoms with Crippen LogP contribution in [0.3, 0.4) is 0 Å². The second-order valence-electron chi connectivity index (χ2n) is 9.89. The number of nitriles is 2. The van der Waals surface area contributed by atoms with Crippen LogP contribution < -0.4 is 0 Å². The summed E-state index contributed by atoms with van der Waals surface area (Å²) in [6.45, 7) is 21.4. The molecule has 0 saturated carbocycles. The number of hydrogen-bond acceptors (Lipinski definition) is 4. The van der Waals surface area contributed by atoms with Crippen LogP contribution in [0, 0.1) is 35.8 Å². The minimum absolute atomic E-state index is 0.159. The summed E-state index contributed by atoms with van der Waals surface area (Å²) in [7, 11) is 0. The monoisotopic (exact) mass is 525 g/mol. The summed E-state index contributed by atoms with van der Waals surface area (Å²) >= 11 is 0. The molecule has 0 amide bonds. The summed E-state index contributed by atoms with van der Waals surface area (Å²) in [5.41, 5.74) is 7.81. The van der Waals surface area contributed by atoms with Gasteiger partial charge in [-0.3, -0.25) is 0 Å². The van der Waals surface area contributed by atoms with Crippen molar-refractivity contribution in [3.8, 4) is 35.0 Å². The van der Waals surface area contributed by atoms with Gasteiger partial charge < -0.3 is 13.4 Å². The third kappa shape index (κ3) is 4.39. The molecule has 3 aromatic rings. The third-order valence-electron chi connectivity index (χ3n) is 7.81. The topological polar surface area (TPSA) is 87.5 Å². The number of aromatic nitrogens is 1. The predicted molar refractivity (Wildman–Crippen MR) is 152 cm³/mol.